The van der Waals surface area contributed by atoms with Crippen LogP contribution in [0, 0.1) is 13.8 Å². The highest BCUT2D eigenvalue weighted by molar-refractivity contribution is 8.00. The molecule has 7 heteroatoms. The van der Waals surface area contributed by atoms with E-state index in [1.807, 2.05) is 30.0 Å². The molecule has 1 aliphatic rings. The molecule has 0 saturated carbocycles. The summed E-state index contributed by atoms with van der Waals surface area (Å²) >= 11 is 1.40. The van der Waals surface area contributed by atoms with E-state index in [1.165, 1.54) is 28.5 Å². The summed E-state index contributed by atoms with van der Waals surface area (Å²) in [6.45, 7) is 7.47. The summed E-state index contributed by atoms with van der Waals surface area (Å²) in [4.78, 5) is 15.0. The molecule has 28 heavy (non-hydrogen) atoms. The average molecular weight is 394 g/mol. The average Bonchev–Trinajstić information content (AvgIpc) is 3.17. The van der Waals surface area contributed by atoms with Crippen molar-refractivity contribution < 1.29 is 4.79 Å². The summed E-state index contributed by atoms with van der Waals surface area (Å²) in [5.41, 5.74) is 5.83. The van der Waals surface area contributed by atoms with Crippen molar-refractivity contribution in [2.45, 2.75) is 44.1 Å². The monoisotopic (exact) mass is 393 g/mol. The van der Waals surface area contributed by atoms with Crippen LogP contribution in [0.4, 0.5) is 0 Å². The molecule has 6 nitrogen and oxygen atoms in total. The molecule has 4 rings (SSSR count). The highest BCUT2D eigenvalue weighted by Crippen LogP contribution is 2.28. The van der Waals surface area contributed by atoms with E-state index in [0.717, 1.165) is 24.2 Å². The number of aromatic nitrogens is 4. The Kier molecular flexibility index (Phi) is 5.17. The van der Waals surface area contributed by atoms with Crippen LogP contribution in [0.25, 0.3) is 5.69 Å². The van der Waals surface area contributed by atoms with Crippen LogP contribution in [0.3, 0.4) is 0 Å². The summed E-state index contributed by atoms with van der Waals surface area (Å²) < 4.78 is 1.72. The lowest BCUT2D eigenvalue weighted by molar-refractivity contribution is -0.131. The van der Waals surface area contributed by atoms with Crippen molar-refractivity contribution in [2.75, 3.05) is 6.54 Å². The number of aryl methyl sites for hydroxylation is 1. The number of carbonyl (C=O) groups is 1. The predicted molar refractivity (Wildman–Crippen MR) is 110 cm³/mol. The number of carbonyl (C=O) groups excluding carboxylic acids is 1. The zero-order chi connectivity index (χ0) is 19.7. The van der Waals surface area contributed by atoms with Crippen LogP contribution >= 0.6 is 11.8 Å². The number of benzene rings is 2. The van der Waals surface area contributed by atoms with Crippen molar-refractivity contribution in [2.24, 2.45) is 0 Å². The van der Waals surface area contributed by atoms with Crippen LogP contribution in [0.15, 0.2) is 47.6 Å². The van der Waals surface area contributed by atoms with Gasteiger partial charge in [0.05, 0.1) is 10.9 Å². The minimum atomic E-state index is -0.264. The summed E-state index contributed by atoms with van der Waals surface area (Å²) in [5, 5.41) is 12.5. The van der Waals surface area contributed by atoms with E-state index in [4.69, 9.17) is 0 Å². The van der Waals surface area contributed by atoms with E-state index in [2.05, 4.69) is 53.6 Å². The maximum atomic E-state index is 13.0. The highest BCUT2D eigenvalue weighted by atomic mass is 32.2. The Morgan fingerprint density at radius 1 is 1.11 bits per heavy atom. The van der Waals surface area contributed by atoms with Crippen molar-refractivity contribution in [3.8, 4) is 5.69 Å². The van der Waals surface area contributed by atoms with Gasteiger partial charge < -0.3 is 4.90 Å². The standard InChI is InChI=1S/C21H23N5OS/c1-14-7-6-10-19(15(14)2)26-21(22-23-24-26)28-16(3)20(27)25-12-11-17-8-4-5-9-18(17)13-25/h4-10,16H,11-13H2,1-3H3/t16-/m1/s1. The van der Waals surface area contributed by atoms with Gasteiger partial charge in [0.2, 0.25) is 11.1 Å². The second-order valence-corrected chi connectivity index (χ2v) is 8.44. The molecule has 0 spiro atoms. The molecule has 0 aliphatic carbocycles. The minimum absolute atomic E-state index is 0.120. The number of thioether (sulfide) groups is 1. The van der Waals surface area contributed by atoms with Crippen molar-refractivity contribution in [3.63, 3.8) is 0 Å². The lowest BCUT2D eigenvalue weighted by Gasteiger charge is -2.30. The van der Waals surface area contributed by atoms with Gasteiger partial charge >= 0.3 is 0 Å². The number of rotatable bonds is 4. The molecule has 0 saturated heterocycles. The van der Waals surface area contributed by atoms with Gasteiger partial charge in [0.1, 0.15) is 0 Å². The number of amides is 1. The van der Waals surface area contributed by atoms with E-state index in [0.29, 0.717) is 11.7 Å². The third-order valence-corrected chi connectivity index (χ3v) is 6.34. The van der Waals surface area contributed by atoms with Gasteiger partial charge in [-0.05, 0) is 65.9 Å². The first-order chi connectivity index (χ1) is 13.5. The van der Waals surface area contributed by atoms with Gasteiger partial charge in [0, 0.05) is 13.1 Å². The Bertz CT molecular complexity index is 1020. The normalized spacial score (nSPS) is 14.6. The van der Waals surface area contributed by atoms with Gasteiger partial charge in [0.25, 0.3) is 0 Å². The van der Waals surface area contributed by atoms with Crippen molar-refractivity contribution in [1.29, 1.82) is 0 Å². The maximum Gasteiger partial charge on any atom is 0.236 e. The van der Waals surface area contributed by atoms with Crippen LogP contribution in [0.2, 0.25) is 0 Å². The summed E-state index contributed by atoms with van der Waals surface area (Å²) in [7, 11) is 0. The minimum Gasteiger partial charge on any atom is -0.337 e. The fraction of sp³-hybridized carbons (Fsp3) is 0.333. The molecule has 0 bridgehead atoms. The first kappa shape index (κ1) is 18.7. The quantitative estimate of drug-likeness (QED) is 0.636. The van der Waals surface area contributed by atoms with Crippen molar-refractivity contribution in [1.82, 2.24) is 25.1 Å². The van der Waals surface area contributed by atoms with Crippen LogP contribution in [-0.4, -0.2) is 42.8 Å². The van der Waals surface area contributed by atoms with E-state index >= 15 is 0 Å². The molecule has 2 heterocycles. The molecule has 0 N–H and O–H groups in total. The second kappa shape index (κ2) is 7.75. The number of tetrazole rings is 1. The second-order valence-electron chi connectivity index (χ2n) is 7.13. The number of nitrogens with zero attached hydrogens (tertiary/aromatic N) is 5. The summed E-state index contributed by atoms with van der Waals surface area (Å²) in [6.07, 6.45) is 0.902. The molecular formula is C21H23N5OS. The Labute approximate surface area is 168 Å². The molecule has 3 aromatic rings. The Balaban J connectivity index is 1.51. The first-order valence-corrected chi connectivity index (χ1v) is 10.3. The lowest BCUT2D eigenvalue weighted by atomic mass is 10.00. The van der Waals surface area contributed by atoms with Crippen LogP contribution < -0.4 is 0 Å². The van der Waals surface area contributed by atoms with Crippen LogP contribution in [-0.2, 0) is 17.8 Å². The molecule has 0 unspecified atom stereocenters. The van der Waals surface area contributed by atoms with Gasteiger partial charge in [-0.2, -0.15) is 4.68 Å². The maximum absolute atomic E-state index is 13.0. The fourth-order valence-electron chi connectivity index (χ4n) is 3.52. The largest absolute Gasteiger partial charge is 0.337 e. The molecule has 2 aromatic carbocycles. The van der Waals surface area contributed by atoms with Crippen LogP contribution in [0.1, 0.15) is 29.2 Å². The molecule has 0 fully saturated rings. The van der Waals surface area contributed by atoms with Gasteiger partial charge in [-0.15, -0.1) is 5.10 Å². The first-order valence-electron chi connectivity index (χ1n) is 9.42. The number of hydrogen-bond acceptors (Lipinski definition) is 5. The Morgan fingerprint density at radius 2 is 1.89 bits per heavy atom. The van der Waals surface area contributed by atoms with Gasteiger partial charge in [-0.1, -0.05) is 48.2 Å². The third-order valence-electron chi connectivity index (χ3n) is 5.32. The van der Waals surface area contributed by atoms with Gasteiger partial charge in [-0.25, -0.2) is 0 Å². The number of hydrogen-bond donors (Lipinski definition) is 0. The molecule has 1 atom stereocenters. The SMILES string of the molecule is Cc1cccc(-n2nnnc2S[C@H](C)C(=O)N2CCc3ccccc3C2)c1C. The highest BCUT2D eigenvalue weighted by Gasteiger charge is 2.27. The molecule has 144 valence electrons. The Morgan fingerprint density at radius 3 is 2.71 bits per heavy atom. The van der Waals surface area contributed by atoms with Gasteiger partial charge in [-0.3, -0.25) is 4.79 Å². The third kappa shape index (κ3) is 3.54. The molecule has 1 aromatic heterocycles. The zero-order valence-electron chi connectivity index (χ0n) is 16.3. The molecular weight excluding hydrogens is 370 g/mol. The van der Waals surface area contributed by atoms with Crippen molar-refractivity contribution >= 4 is 17.7 Å². The lowest BCUT2D eigenvalue weighted by Crippen LogP contribution is -2.40. The van der Waals surface area contributed by atoms with E-state index in [9.17, 15) is 4.79 Å². The van der Waals surface area contributed by atoms with Gasteiger partial charge in [0.15, 0.2) is 0 Å². The van der Waals surface area contributed by atoms with E-state index < -0.39 is 0 Å². The zero-order valence-corrected chi connectivity index (χ0v) is 17.1. The molecule has 1 amide bonds. The summed E-state index contributed by atoms with van der Waals surface area (Å²) in [6, 6.07) is 14.4. The smallest absolute Gasteiger partial charge is 0.236 e. The predicted octanol–water partition coefficient (Wildman–Crippen LogP) is 3.34. The summed E-state index contributed by atoms with van der Waals surface area (Å²) in [5.74, 6) is 0.120. The molecule has 0 radical (unpaired) electrons. The Hall–Kier alpha value is -2.67. The van der Waals surface area contributed by atoms with Crippen LogP contribution in [0.5, 0.6) is 0 Å². The topological polar surface area (TPSA) is 63.9 Å². The van der Waals surface area contributed by atoms with E-state index in [-0.39, 0.29) is 11.2 Å². The van der Waals surface area contributed by atoms with Crippen molar-refractivity contribution in [3.05, 3.63) is 64.7 Å². The molecule has 1 aliphatic heterocycles. The number of fused-ring (bicyclic) bond motifs is 1. The van der Waals surface area contributed by atoms with E-state index in [1.54, 1.807) is 4.68 Å². The fourth-order valence-corrected chi connectivity index (χ4v) is 4.40.